The quantitative estimate of drug-likeness (QED) is 0.639. The number of hydrogen-bond donors (Lipinski definition) is 0. The highest BCUT2D eigenvalue weighted by molar-refractivity contribution is 8.18. The summed E-state index contributed by atoms with van der Waals surface area (Å²) in [5, 5.41) is 0.626. The summed E-state index contributed by atoms with van der Waals surface area (Å²) >= 11 is 0.886. The van der Waals surface area contributed by atoms with Gasteiger partial charge in [0.05, 0.1) is 11.4 Å². The van der Waals surface area contributed by atoms with Crippen LogP contribution in [0.4, 0.5) is 9.18 Å². The van der Waals surface area contributed by atoms with Crippen molar-refractivity contribution in [2.45, 2.75) is 6.54 Å². The van der Waals surface area contributed by atoms with Gasteiger partial charge in [-0.3, -0.25) is 14.5 Å². The molecule has 0 unspecified atom stereocenters. The van der Waals surface area contributed by atoms with Crippen molar-refractivity contribution in [2.24, 2.45) is 7.05 Å². The maximum atomic E-state index is 13.8. The Hall–Kier alpha value is -2.86. The van der Waals surface area contributed by atoms with Gasteiger partial charge in [0.15, 0.2) is 0 Å². The molecule has 2 amide bonds. The molecule has 0 atom stereocenters. The third-order valence-corrected chi connectivity index (χ3v) is 5.28. The summed E-state index contributed by atoms with van der Waals surface area (Å²) in [6.45, 7) is -0.0653. The molecule has 4 nitrogen and oxygen atoms in total. The minimum atomic E-state index is -0.426. The van der Waals surface area contributed by atoms with Gasteiger partial charge in [-0.1, -0.05) is 36.4 Å². The van der Waals surface area contributed by atoms with E-state index in [4.69, 9.17) is 0 Å². The molecule has 130 valence electrons. The normalized spacial score (nSPS) is 16.2. The van der Waals surface area contributed by atoms with Gasteiger partial charge in [-0.25, -0.2) is 4.39 Å². The van der Waals surface area contributed by atoms with Crippen molar-refractivity contribution < 1.29 is 14.0 Å². The number of amides is 2. The summed E-state index contributed by atoms with van der Waals surface area (Å²) in [7, 11) is 1.93. The first-order chi connectivity index (χ1) is 12.5. The minimum Gasteiger partial charge on any atom is -0.350 e. The van der Waals surface area contributed by atoms with Crippen molar-refractivity contribution in [2.75, 3.05) is 0 Å². The van der Waals surface area contributed by atoms with Crippen LogP contribution in [-0.2, 0) is 18.4 Å². The molecule has 1 aliphatic heterocycles. The zero-order chi connectivity index (χ0) is 18.3. The Morgan fingerprint density at radius 3 is 2.62 bits per heavy atom. The van der Waals surface area contributed by atoms with E-state index in [0.29, 0.717) is 10.5 Å². The van der Waals surface area contributed by atoms with Crippen molar-refractivity contribution in [3.05, 3.63) is 76.6 Å². The number of thioether (sulfide) groups is 1. The number of rotatable bonds is 3. The minimum absolute atomic E-state index is 0.0653. The number of imide groups is 1. The lowest BCUT2D eigenvalue weighted by atomic mass is 10.1. The molecule has 2 heterocycles. The monoisotopic (exact) mass is 366 g/mol. The Morgan fingerprint density at radius 2 is 1.81 bits per heavy atom. The second-order valence-corrected chi connectivity index (χ2v) is 7.06. The summed E-state index contributed by atoms with van der Waals surface area (Å²) in [5.74, 6) is -0.819. The number of benzene rings is 2. The third-order valence-electron chi connectivity index (χ3n) is 4.37. The summed E-state index contributed by atoms with van der Waals surface area (Å²) in [6, 6.07) is 14.0. The van der Waals surface area contributed by atoms with Gasteiger partial charge in [0.25, 0.3) is 11.1 Å². The molecule has 0 radical (unpaired) electrons. The molecule has 6 heteroatoms. The van der Waals surface area contributed by atoms with Gasteiger partial charge in [-0.2, -0.15) is 0 Å². The Balaban J connectivity index is 1.66. The first-order valence-electron chi connectivity index (χ1n) is 8.07. The number of carbonyl (C=O) groups is 2. The van der Waals surface area contributed by atoms with E-state index in [1.807, 2.05) is 42.1 Å². The van der Waals surface area contributed by atoms with E-state index in [1.165, 1.54) is 6.07 Å². The predicted octanol–water partition coefficient (Wildman–Crippen LogP) is 4.55. The lowest BCUT2D eigenvalue weighted by molar-refractivity contribution is -0.123. The van der Waals surface area contributed by atoms with Gasteiger partial charge in [-0.15, -0.1) is 0 Å². The van der Waals surface area contributed by atoms with Gasteiger partial charge in [0, 0.05) is 35.3 Å². The number of carbonyl (C=O) groups excluding carboxylic acids is 2. The molecule has 4 rings (SSSR count). The summed E-state index contributed by atoms with van der Waals surface area (Å²) in [6.07, 6.45) is 3.66. The maximum Gasteiger partial charge on any atom is 0.293 e. The van der Waals surface area contributed by atoms with Gasteiger partial charge < -0.3 is 4.57 Å². The average Bonchev–Trinajstić information content (AvgIpc) is 3.09. The summed E-state index contributed by atoms with van der Waals surface area (Å²) in [4.78, 5) is 26.4. The standard InChI is InChI=1S/C20H15FN2O2S/c1-22-11-14(15-7-3-5-9-17(15)22)10-18-19(24)23(20(25)26-18)12-13-6-2-4-8-16(13)21/h2-11H,12H2,1H3/b18-10+. The van der Waals surface area contributed by atoms with Crippen LogP contribution in [0.5, 0.6) is 0 Å². The SMILES string of the molecule is Cn1cc(/C=C2/SC(=O)N(Cc3ccccc3F)C2=O)c2ccccc21. The Bertz CT molecular complexity index is 1070. The topological polar surface area (TPSA) is 42.3 Å². The summed E-state index contributed by atoms with van der Waals surface area (Å²) < 4.78 is 15.8. The van der Waals surface area contributed by atoms with Crippen LogP contribution in [0.15, 0.2) is 59.6 Å². The first-order valence-corrected chi connectivity index (χ1v) is 8.89. The molecule has 3 aromatic rings. The third kappa shape index (κ3) is 2.82. The van der Waals surface area contributed by atoms with Gasteiger partial charge in [-0.05, 0) is 30.0 Å². The van der Waals surface area contributed by atoms with Crippen molar-refractivity contribution in [3.63, 3.8) is 0 Å². The number of fused-ring (bicyclic) bond motifs is 1. The van der Waals surface area contributed by atoms with E-state index in [0.717, 1.165) is 33.1 Å². The first kappa shape index (κ1) is 16.6. The van der Waals surface area contributed by atoms with E-state index in [1.54, 1.807) is 24.3 Å². The van der Waals surface area contributed by atoms with Crippen LogP contribution < -0.4 is 0 Å². The molecule has 0 aliphatic carbocycles. The molecule has 0 N–H and O–H groups in total. The number of halogens is 1. The maximum absolute atomic E-state index is 13.8. The van der Waals surface area contributed by atoms with Crippen LogP contribution in [0, 0.1) is 5.82 Å². The van der Waals surface area contributed by atoms with E-state index in [9.17, 15) is 14.0 Å². The molecule has 2 aromatic carbocycles. The molecule has 0 spiro atoms. The zero-order valence-electron chi connectivity index (χ0n) is 14.0. The van der Waals surface area contributed by atoms with E-state index in [2.05, 4.69) is 0 Å². The Labute approximate surface area is 153 Å². The summed E-state index contributed by atoms with van der Waals surface area (Å²) in [5.41, 5.74) is 2.24. The van der Waals surface area contributed by atoms with Crippen LogP contribution in [0.3, 0.4) is 0 Å². The molecular formula is C20H15FN2O2S. The van der Waals surface area contributed by atoms with Crippen molar-refractivity contribution in [3.8, 4) is 0 Å². The second-order valence-electron chi connectivity index (χ2n) is 6.07. The highest BCUT2D eigenvalue weighted by atomic mass is 32.2. The zero-order valence-corrected chi connectivity index (χ0v) is 14.8. The van der Waals surface area contributed by atoms with Crippen molar-refractivity contribution in [1.82, 2.24) is 9.47 Å². The van der Waals surface area contributed by atoms with Crippen LogP contribution in [0.25, 0.3) is 17.0 Å². The number of nitrogens with zero attached hydrogens (tertiary/aromatic N) is 2. The molecule has 1 aromatic heterocycles. The predicted molar refractivity (Wildman–Crippen MR) is 101 cm³/mol. The molecule has 26 heavy (non-hydrogen) atoms. The Kier molecular flexibility index (Phi) is 4.12. The fraction of sp³-hybridized carbons (Fsp3) is 0.100. The Morgan fingerprint density at radius 1 is 1.08 bits per heavy atom. The number of aromatic nitrogens is 1. The average molecular weight is 366 g/mol. The van der Waals surface area contributed by atoms with Crippen LogP contribution >= 0.6 is 11.8 Å². The molecule has 0 bridgehead atoms. The van der Waals surface area contributed by atoms with E-state index >= 15 is 0 Å². The lowest BCUT2D eigenvalue weighted by Gasteiger charge is -2.12. The molecule has 1 aliphatic rings. The second kappa shape index (κ2) is 6.46. The van der Waals surface area contributed by atoms with Crippen LogP contribution in [0.2, 0.25) is 0 Å². The largest absolute Gasteiger partial charge is 0.350 e. The van der Waals surface area contributed by atoms with Crippen molar-refractivity contribution in [1.29, 1.82) is 0 Å². The molecular weight excluding hydrogens is 351 g/mol. The smallest absolute Gasteiger partial charge is 0.293 e. The fourth-order valence-corrected chi connectivity index (χ4v) is 3.89. The van der Waals surface area contributed by atoms with Crippen molar-refractivity contribution >= 4 is 39.9 Å². The fourth-order valence-electron chi connectivity index (χ4n) is 3.06. The highest BCUT2D eigenvalue weighted by Crippen LogP contribution is 2.35. The molecule has 1 saturated heterocycles. The number of aryl methyl sites for hydroxylation is 1. The van der Waals surface area contributed by atoms with Gasteiger partial charge in [0.2, 0.25) is 0 Å². The van der Waals surface area contributed by atoms with Crippen LogP contribution in [0.1, 0.15) is 11.1 Å². The highest BCUT2D eigenvalue weighted by Gasteiger charge is 2.35. The van der Waals surface area contributed by atoms with Gasteiger partial charge >= 0.3 is 0 Å². The van der Waals surface area contributed by atoms with E-state index < -0.39 is 11.7 Å². The number of para-hydroxylation sites is 1. The molecule has 0 saturated carbocycles. The van der Waals surface area contributed by atoms with Crippen LogP contribution in [-0.4, -0.2) is 20.6 Å². The lowest BCUT2D eigenvalue weighted by Crippen LogP contribution is -2.27. The number of hydrogen-bond acceptors (Lipinski definition) is 3. The molecule has 1 fully saturated rings. The van der Waals surface area contributed by atoms with Gasteiger partial charge in [0.1, 0.15) is 5.82 Å². The van der Waals surface area contributed by atoms with E-state index in [-0.39, 0.29) is 11.8 Å².